The quantitative estimate of drug-likeness (QED) is 0.118. The number of hydrogen-bond donors (Lipinski definition) is 0. The largest absolute Gasteiger partial charge is 0.493 e. The summed E-state index contributed by atoms with van der Waals surface area (Å²) in [4.78, 5) is 44.9. The zero-order chi connectivity index (χ0) is 38.8. The summed E-state index contributed by atoms with van der Waals surface area (Å²) in [6, 6.07) is 20.1. The molecule has 4 bridgehead atoms. The minimum absolute atomic E-state index is 0.00864. The van der Waals surface area contributed by atoms with Gasteiger partial charge in [0.1, 0.15) is 24.6 Å². The Balaban J connectivity index is 1.13. The topological polar surface area (TPSA) is 107 Å². The van der Waals surface area contributed by atoms with Crippen molar-refractivity contribution in [3.05, 3.63) is 94.3 Å². The summed E-state index contributed by atoms with van der Waals surface area (Å²) in [6.07, 6.45) is 0.722. The summed E-state index contributed by atoms with van der Waals surface area (Å²) in [6.45, 7) is 14.0. The number of carbonyl (C=O) groups excluding carboxylic acids is 3. The van der Waals surface area contributed by atoms with E-state index < -0.39 is 53.9 Å². The molecule has 2 aromatic rings. The maximum atomic E-state index is 15.7. The van der Waals surface area contributed by atoms with Crippen LogP contribution in [0, 0.1) is 33.5 Å². The predicted octanol–water partition coefficient (Wildman–Crippen LogP) is 7.29. The van der Waals surface area contributed by atoms with E-state index in [-0.39, 0.29) is 48.2 Å². The predicted molar refractivity (Wildman–Crippen MR) is 206 cm³/mol. The number of ketones is 3. The van der Waals surface area contributed by atoms with Gasteiger partial charge in [0.15, 0.2) is 25.6 Å². The van der Waals surface area contributed by atoms with E-state index in [0.29, 0.717) is 50.2 Å². The summed E-state index contributed by atoms with van der Waals surface area (Å²) >= 11 is 0. The summed E-state index contributed by atoms with van der Waals surface area (Å²) in [5, 5.41) is 0. The number of methoxy groups -OCH3 is 1. The van der Waals surface area contributed by atoms with Gasteiger partial charge < -0.3 is 28.1 Å². The third kappa shape index (κ3) is 4.97. The van der Waals surface area contributed by atoms with Gasteiger partial charge in [-0.1, -0.05) is 81.4 Å². The lowest BCUT2D eigenvalue weighted by Gasteiger charge is -2.66. The van der Waals surface area contributed by atoms with Gasteiger partial charge in [-0.3, -0.25) is 14.4 Å². The molecule has 10 heteroatoms. The van der Waals surface area contributed by atoms with E-state index in [1.807, 2.05) is 62.4 Å². The number of allylic oxidation sites excluding steroid dienone is 1. The zero-order valence-corrected chi connectivity index (χ0v) is 34.2. The van der Waals surface area contributed by atoms with Crippen LogP contribution in [0.25, 0.3) is 0 Å². The molecule has 6 aliphatic carbocycles. The van der Waals surface area contributed by atoms with Gasteiger partial charge in [0, 0.05) is 33.8 Å². The molecule has 10 rings (SSSR count). The number of hydrogen-bond acceptors (Lipinski definition) is 9. The zero-order valence-electron chi connectivity index (χ0n) is 33.2. The highest BCUT2D eigenvalue weighted by molar-refractivity contribution is 6.69. The molecule has 4 saturated carbocycles. The van der Waals surface area contributed by atoms with Crippen LogP contribution in [-0.2, 0) is 55.7 Å². The van der Waals surface area contributed by atoms with Crippen molar-refractivity contribution in [3.63, 3.8) is 0 Å². The lowest BCUT2D eigenvalue weighted by Crippen LogP contribution is -2.72. The summed E-state index contributed by atoms with van der Waals surface area (Å²) in [5.74, 6) is 0.348. The van der Waals surface area contributed by atoms with E-state index in [4.69, 9.17) is 28.1 Å². The van der Waals surface area contributed by atoms with Crippen molar-refractivity contribution < 1.29 is 42.5 Å². The Labute approximate surface area is 325 Å². The number of benzene rings is 2. The molecule has 2 heterocycles. The molecular weight excluding hydrogens is 713 g/mol. The summed E-state index contributed by atoms with van der Waals surface area (Å²) in [5.41, 5.74) is -0.406. The molecular formula is C45H54O9Si. The van der Waals surface area contributed by atoms with Gasteiger partial charge in [-0.15, -0.1) is 0 Å². The van der Waals surface area contributed by atoms with Gasteiger partial charge in [0.25, 0.3) is 0 Å². The van der Waals surface area contributed by atoms with E-state index in [0.717, 1.165) is 23.1 Å². The van der Waals surface area contributed by atoms with Crippen LogP contribution in [0.1, 0.15) is 64.0 Å². The fourth-order valence-corrected chi connectivity index (χ4v) is 13.5. The number of Topliss-reactive ketones (excluding diaryl/α,β-unsaturated/α-hetero) is 3. The summed E-state index contributed by atoms with van der Waals surface area (Å²) in [7, 11) is -0.824. The van der Waals surface area contributed by atoms with E-state index in [2.05, 4.69) is 38.7 Å². The third-order valence-electron chi connectivity index (χ3n) is 14.5. The van der Waals surface area contributed by atoms with Gasteiger partial charge in [-0.25, -0.2) is 0 Å². The fourth-order valence-electron chi connectivity index (χ4n) is 12.5. The third-order valence-corrected chi connectivity index (χ3v) is 15.5. The SMILES string of the molecule is COC1=C2C(C)(C)[C@H]3O[C@@]2(CC3=O)[C@@H](O[Si](C)(C)C)C2=C(C1=O)[C@@]13C(=O)[C@@]([C@@H]4C[C@H]4COCc4ccccc4)(C[C@@H]1OCOCc1ccccc1)[C@]3(C)CC2. The van der Waals surface area contributed by atoms with Crippen molar-refractivity contribution >= 4 is 25.7 Å². The minimum Gasteiger partial charge on any atom is -0.493 e. The molecule has 2 saturated heterocycles. The average molecular weight is 767 g/mol. The van der Waals surface area contributed by atoms with Crippen LogP contribution in [0.15, 0.2) is 83.1 Å². The highest BCUT2D eigenvalue weighted by Crippen LogP contribution is 2.87. The van der Waals surface area contributed by atoms with Crippen LogP contribution in [0.2, 0.25) is 19.6 Å². The van der Waals surface area contributed by atoms with E-state index >= 15 is 9.59 Å². The monoisotopic (exact) mass is 766 g/mol. The molecule has 9 nitrogen and oxygen atoms in total. The Bertz CT molecular complexity index is 2000. The van der Waals surface area contributed by atoms with Crippen molar-refractivity contribution in [1.29, 1.82) is 0 Å². The lowest BCUT2D eigenvalue weighted by molar-refractivity contribution is -0.197. The Morgan fingerprint density at radius 3 is 2.18 bits per heavy atom. The van der Waals surface area contributed by atoms with Gasteiger partial charge in [-0.2, -0.15) is 0 Å². The van der Waals surface area contributed by atoms with Crippen LogP contribution in [0.3, 0.4) is 0 Å². The molecule has 0 radical (unpaired) electrons. The molecule has 292 valence electrons. The molecule has 55 heavy (non-hydrogen) atoms. The van der Waals surface area contributed by atoms with Crippen molar-refractivity contribution in [2.45, 2.75) is 110 Å². The highest BCUT2D eigenvalue weighted by atomic mass is 28.4. The van der Waals surface area contributed by atoms with Crippen LogP contribution in [0.4, 0.5) is 0 Å². The first-order valence-electron chi connectivity index (χ1n) is 20.0. The summed E-state index contributed by atoms with van der Waals surface area (Å²) < 4.78 is 39.3. The Hall–Kier alpha value is -3.25. The highest BCUT2D eigenvalue weighted by Gasteiger charge is 2.92. The van der Waals surface area contributed by atoms with Gasteiger partial charge in [0.05, 0.1) is 38.4 Å². The van der Waals surface area contributed by atoms with Crippen LogP contribution < -0.4 is 0 Å². The lowest BCUT2D eigenvalue weighted by atomic mass is 9.34. The molecule has 2 spiro atoms. The normalized spacial score (nSPS) is 38.1. The van der Waals surface area contributed by atoms with Crippen molar-refractivity contribution in [2.24, 2.45) is 33.5 Å². The molecule has 0 aromatic heterocycles. The number of carbonyl (C=O) groups is 3. The molecule has 6 fully saturated rings. The smallest absolute Gasteiger partial charge is 0.224 e. The first-order chi connectivity index (χ1) is 26.2. The Morgan fingerprint density at radius 2 is 1.55 bits per heavy atom. The molecule has 2 aliphatic heterocycles. The second kappa shape index (κ2) is 12.6. The molecule has 2 aromatic carbocycles. The van der Waals surface area contributed by atoms with E-state index in [1.165, 1.54) is 7.11 Å². The first-order valence-corrected chi connectivity index (χ1v) is 23.4. The van der Waals surface area contributed by atoms with E-state index in [9.17, 15) is 4.79 Å². The van der Waals surface area contributed by atoms with Crippen LogP contribution in [0.5, 0.6) is 0 Å². The van der Waals surface area contributed by atoms with Crippen molar-refractivity contribution in [3.8, 4) is 0 Å². The number of ether oxygens (including phenoxy) is 5. The number of rotatable bonds is 13. The second-order valence-electron chi connectivity index (χ2n) is 18.9. The standard InChI is InChI=1S/C45H54O9Si/c1-41(2)37-36(49-4)35(47)34-30(38(54-55(5,6)7)44(37)21-32(46)39(41)53-44)18-19-42(3)43(31-20-29(31)25-50-23-27-14-10-8-11-15-27)22-33(45(34,42)40(43)48)52-26-51-24-28-16-12-9-13-17-28/h8-17,29,31,33,38-39H,18-26H2,1-7H3/t29-,31+,33-,38-,39-,42-,43-,44+,45+/m0/s1. The van der Waals surface area contributed by atoms with Crippen molar-refractivity contribution in [2.75, 3.05) is 20.5 Å². The first kappa shape index (κ1) is 37.3. The molecule has 0 unspecified atom stereocenters. The fraction of sp³-hybridized carbons (Fsp3) is 0.578. The van der Waals surface area contributed by atoms with Crippen LogP contribution >= 0.6 is 0 Å². The Kier molecular flexibility index (Phi) is 8.57. The van der Waals surface area contributed by atoms with Crippen LogP contribution in [-0.4, -0.2) is 70.1 Å². The van der Waals surface area contributed by atoms with E-state index in [1.54, 1.807) is 0 Å². The molecule has 8 aliphatic rings. The van der Waals surface area contributed by atoms with Crippen molar-refractivity contribution in [1.82, 2.24) is 0 Å². The molecule has 0 N–H and O–H groups in total. The van der Waals surface area contributed by atoms with Gasteiger partial charge >= 0.3 is 0 Å². The number of fused-ring (bicyclic) bond motifs is 2. The maximum absolute atomic E-state index is 15.7. The van der Waals surface area contributed by atoms with Gasteiger partial charge in [-0.05, 0) is 73.9 Å². The second-order valence-corrected chi connectivity index (χ2v) is 23.3. The minimum atomic E-state index is -2.35. The van der Waals surface area contributed by atoms with Gasteiger partial charge in [0.2, 0.25) is 5.78 Å². The average Bonchev–Trinajstić information content (AvgIpc) is 3.59. The molecule has 0 amide bonds. The maximum Gasteiger partial charge on any atom is 0.224 e. The Morgan fingerprint density at radius 1 is 0.891 bits per heavy atom. The molecule has 9 atom stereocenters.